The summed E-state index contributed by atoms with van der Waals surface area (Å²) in [4.78, 5) is 16.6. The van der Waals surface area contributed by atoms with Crippen molar-refractivity contribution in [3.63, 3.8) is 0 Å². The molecule has 0 unspecified atom stereocenters. The van der Waals surface area contributed by atoms with Gasteiger partial charge >= 0.3 is 5.97 Å². The summed E-state index contributed by atoms with van der Waals surface area (Å²) in [5.74, 6) is -0.471. The molecule has 21 heavy (non-hydrogen) atoms. The van der Waals surface area contributed by atoms with E-state index in [1.807, 2.05) is 18.2 Å². The van der Waals surface area contributed by atoms with E-state index in [0.29, 0.717) is 12.4 Å². The van der Waals surface area contributed by atoms with Crippen LogP contribution in [-0.4, -0.2) is 22.7 Å². The Labute approximate surface area is 128 Å². The number of pyridine rings is 1. The van der Waals surface area contributed by atoms with Crippen LogP contribution in [0.5, 0.6) is 5.75 Å². The van der Waals surface area contributed by atoms with Crippen molar-refractivity contribution in [1.82, 2.24) is 4.98 Å². The van der Waals surface area contributed by atoms with E-state index in [4.69, 9.17) is 4.74 Å². The largest absolute Gasteiger partial charge is 0.491 e. The molecule has 1 N–H and O–H groups in total. The summed E-state index contributed by atoms with van der Waals surface area (Å²) in [6, 6.07) is 5.70. The van der Waals surface area contributed by atoms with Crippen LogP contribution < -0.4 is 4.74 Å². The fourth-order valence-electron chi connectivity index (χ4n) is 1.83. The highest BCUT2D eigenvalue weighted by molar-refractivity contribution is 7.14. The molecule has 2 rings (SSSR count). The van der Waals surface area contributed by atoms with Crippen LogP contribution in [0.25, 0.3) is 0 Å². The summed E-state index contributed by atoms with van der Waals surface area (Å²) >= 11 is 1.29. The number of ether oxygens (including phenoxy) is 1. The van der Waals surface area contributed by atoms with Crippen molar-refractivity contribution in [1.29, 1.82) is 0 Å². The fourth-order valence-corrected chi connectivity index (χ4v) is 2.83. The lowest BCUT2D eigenvalue weighted by atomic mass is 9.95. The van der Waals surface area contributed by atoms with Crippen molar-refractivity contribution in [2.75, 3.05) is 6.61 Å². The van der Waals surface area contributed by atoms with Crippen LogP contribution in [0.1, 0.15) is 40.9 Å². The molecule has 0 bridgehead atoms. The number of aromatic carboxylic acids is 1. The number of hydrogen-bond donors (Lipinski definition) is 1. The van der Waals surface area contributed by atoms with Gasteiger partial charge in [0.05, 0.1) is 6.61 Å². The molecule has 0 saturated heterocycles. The average Bonchev–Trinajstić information content (AvgIpc) is 2.84. The second-order valence-electron chi connectivity index (χ2n) is 5.81. The van der Waals surface area contributed by atoms with Gasteiger partial charge in [-0.05, 0) is 29.2 Å². The molecule has 0 aliphatic carbocycles. The van der Waals surface area contributed by atoms with Gasteiger partial charge in [0.15, 0.2) is 4.88 Å². The topological polar surface area (TPSA) is 59.4 Å². The lowest BCUT2D eigenvalue weighted by Crippen LogP contribution is -2.08. The molecular weight excluding hydrogens is 286 g/mol. The van der Waals surface area contributed by atoms with E-state index in [1.54, 1.807) is 12.4 Å². The Morgan fingerprint density at radius 2 is 2.00 bits per heavy atom. The first-order valence-electron chi connectivity index (χ1n) is 6.77. The number of nitrogens with zero attached hydrogens (tertiary/aromatic N) is 1. The van der Waals surface area contributed by atoms with Crippen LogP contribution in [0, 0.1) is 0 Å². The Kier molecular flexibility index (Phi) is 4.63. The third-order valence-electron chi connectivity index (χ3n) is 3.03. The number of carbonyl (C=O) groups is 1. The summed E-state index contributed by atoms with van der Waals surface area (Å²) in [6.07, 6.45) is 4.20. The van der Waals surface area contributed by atoms with Crippen molar-refractivity contribution in [3.8, 4) is 5.75 Å². The lowest BCUT2D eigenvalue weighted by Gasteiger charge is -2.14. The number of hydrogen-bond acceptors (Lipinski definition) is 4. The predicted molar refractivity (Wildman–Crippen MR) is 83.4 cm³/mol. The highest BCUT2D eigenvalue weighted by atomic mass is 32.1. The van der Waals surface area contributed by atoms with Crippen molar-refractivity contribution in [2.24, 2.45) is 0 Å². The maximum absolute atomic E-state index is 11.3. The first-order chi connectivity index (χ1) is 9.88. The number of thiophene rings is 1. The SMILES string of the molecule is CC(C)(C)c1cc(OCCc2ccncc2)c(C(=O)O)s1. The van der Waals surface area contributed by atoms with E-state index in [9.17, 15) is 9.90 Å². The van der Waals surface area contributed by atoms with Crippen LogP contribution in [0.2, 0.25) is 0 Å². The molecule has 0 amide bonds. The van der Waals surface area contributed by atoms with Crippen molar-refractivity contribution < 1.29 is 14.6 Å². The third kappa shape index (κ3) is 4.04. The number of aromatic nitrogens is 1. The van der Waals surface area contributed by atoms with E-state index in [-0.39, 0.29) is 10.3 Å². The van der Waals surface area contributed by atoms with E-state index in [2.05, 4.69) is 25.8 Å². The summed E-state index contributed by atoms with van der Waals surface area (Å²) in [5, 5.41) is 9.28. The van der Waals surface area contributed by atoms with Gasteiger partial charge in [0, 0.05) is 23.7 Å². The van der Waals surface area contributed by atoms with Crippen molar-refractivity contribution in [3.05, 3.63) is 45.9 Å². The molecule has 0 atom stereocenters. The Balaban J connectivity index is 2.08. The molecule has 0 aliphatic heterocycles. The molecule has 0 spiro atoms. The number of carboxylic acids is 1. The van der Waals surface area contributed by atoms with Gasteiger partial charge < -0.3 is 9.84 Å². The van der Waals surface area contributed by atoms with Crippen LogP contribution in [0.15, 0.2) is 30.6 Å². The molecule has 0 aliphatic rings. The first kappa shape index (κ1) is 15.5. The van der Waals surface area contributed by atoms with E-state index < -0.39 is 5.97 Å². The first-order valence-corrected chi connectivity index (χ1v) is 7.59. The normalized spacial score (nSPS) is 11.4. The molecule has 0 saturated carbocycles. The minimum Gasteiger partial charge on any atom is -0.491 e. The van der Waals surface area contributed by atoms with Gasteiger partial charge in [0.1, 0.15) is 5.75 Å². The Morgan fingerprint density at radius 3 is 2.57 bits per heavy atom. The molecule has 2 aromatic heterocycles. The van der Waals surface area contributed by atoms with E-state index in [1.165, 1.54) is 11.3 Å². The average molecular weight is 305 g/mol. The summed E-state index contributed by atoms with van der Waals surface area (Å²) in [6.45, 7) is 6.63. The van der Waals surface area contributed by atoms with Gasteiger partial charge in [-0.25, -0.2) is 4.79 Å². The maximum Gasteiger partial charge on any atom is 0.349 e. The Morgan fingerprint density at radius 1 is 1.33 bits per heavy atom. The third-order valence-corrected chi connectivity index (χ3v) is 4.56. The van der Waals surface area contributed by atoms with Gasteiger partial charge in [-0.1, -0.05) is 20.8 Å². The Bertz CT molecular complexity index is 614. The van der Waals surface area contributed by atoms with Gasteiger partial charge in [-0.15, -0.1) is 11.3 Å². The second-order valence-corrected chi connectivity index (χ2v) is 6.87. The Hall–Kier alpha value is -1.88. The van der Waals surface area contributed by atoms with E-state index >= 15 is 0 Å². The minimum absolute atomic E-state index is 0.0818. The van der Waals surface area contributed by atoms with Crippen LogP contribution in [0.3, 0.4) is 0 Å². The highest BCUT2D eigenvalue weighted by Gasteiger charge is 2.23. The molecule has 4 nitrogen and oxygen atoms in total. The minimum atomic E-state index is -0.936. The number of carboxylic acid groups (broad SMARTS) is 1. The zero-order valence-electron chi connectivity index (χ0n) is 12.4. The molecule has 0 radical (unpaired) electrons. The van der Waals surface area contributed by atoms with Gasteiger partial charge in [-0.2, -0.15) is 0 Å². The van der Waals surface area contributed by atoms with Gasteiger partial charge in [0.25, 0.3) is 0 Å². The predicted octanol–water partition coefficient (Wildman–Crippen LogP) is 3.76. The molecule has 112 valence electrons. The molecule has 2 heterocycles. The molecule has 2 aromatic rings. The molecule has 0 aromatic carbocycles. The number of rotatable bonds is 5. The summed E-state index contributed by atoms with van der Waals surface area (Å²) < 4.78 is 5.69. The monoisotopic (exact) mass is 305 g/mol. The standard InChI is InChI=1S/C16H19NO3S/c1-16(2,3)13-10-12(14(21-13)15(18)19)20-9-6-11-4-7-17-8-5-11/h4-5,7-8,10H,6,9H2,1-3H3,(H,18,19). The van der Waals surface area contributed by atoms with Crippen LogP contribution in [-0.2, 0) is 11.8 Å². The highest BCUT2D eigenvalue weighted by Crippen LogP contribution is 2.36. The molecular formula is C16H19NO3S. The smallest absolute Gasteiger partial charge is 0.349 e. The summed E-state index contributed by atoms with van der Waals surface area (Å²) in [5.41, 5.74) is 1.04. The van der Waals surface area contributed by atoms with Gasteiger partial charge in [0.2, 0.25) is 0 Å². The van der Waals surface area contributed by atoms with E-state index in [0.717, 1.165) is 16.9 Å². The fraction of sp³-hybridized carbons (Fsp3) is 0.375. The second kappa shape index (κ2) is 6.26. The molecule has 0 fully saturated rings. The van der Waals surface area contributed by atoms with Crippen LogP contribution in [0.4, 0.5) is 0 Å². The summed E-state index contributed by atoms with van der Waals surface area (Å²) in [7, 11) is 0. The van der Waals surface area contributed by atoms with Crippen molar-refractivity contribution in [2.45, 2.75) is 32.6 Å². The van der Waals surface area contributed by atoms with Gasteiger partial charge in [-0.3, -0.25) is 4.98 Å². The molecule has 5 heteroatoms. The zero-order valence-corrected chi connectivity index (χ0v) is 13.2. The van der Waals surface area contributed by atoms with Crippen LogP contribution >= 0.6 is 11.3 Å². The maximum atomic E-state index is 11.3. The van der Waals surface area contributed by atoms with Crippen molar-refractivity contribution >= 4 is 17.3 Å². The quantitative estimate of drug-likeness (QED) is 0.913. The lowest BCUT2D eigenvalue weighted by molar-refractivity contribution is 0.0698. The zero-order chi connectivity index (χ0) is 15.5.